The molecule has 0 saturated heterocycles. The molecule has 0 aliphatic rings. The first-order valence-corrected chi connectivity index (χ1v) is 8.86. The summed E-state index contributed by atoms with van der Waals surface area (Å²) in [6, 6.07) is 0. The van der Waals surface area contributed by atoms with E-state index in [1.165, 1.54) is 0 Å². The Morgan fingerprint density at radius 3 is 2.22 bits per heavy atom. The highest BCUT2D eigenvalue weighted by atomic mass is 35.5. The molecule has 0 aromatic rings. The highest BCUT2D eigenvalue weighted by molar-refractivity contribution is 7.54. The van der Waals surface area contributed by atoms with Crippen molar-refractivity contribution in [3.8, 4) is 0 Å². The van der Waals surface area contributed by atoms with Gasteiger partial charge < -0.3 is 9.63 Å². The largest absolute Gasteiger partial charge is 0.396 e. The van der Waals surface area contributed by atoms with Crippen LogP contribution in [-0.2, 0) is 9.09 Å². The minimum atomic E-state index is -3.19. The summed E-state index contributed by atoms with van der Waals surface area (Å²) in [6.45, 7) is 1.39. The van der Waals surface area contributed by atoms with Crippen LogP contribution in [0.3, 0.4) is 0 Å². The normalized spacial score (nSPS) is 14.9. The lowest BCUT2D eigenvalue weighted by atomic mass is 10.5. The van der Waals surface area contributed by atoms with E-state index in [2.05, 4.69) is 5.09 Å². The number of nitrogens with zero attached hydrogens (tertiary/aromatic N) is 1. The maximum atomic E-state index is 12.7. The molecule has 9 heteroatoms. The molecule has 110 valence electrons. The molecule has 2 N–H and O–H groups in total. The first-order chi connectivity index (χ1) is 8.64. The van der Waals surface area contributed by atoms with Gasteiger partial charge in [-0.05, 0) is 6.42 Å². The van der Waals surface area contributed by atoms with E-state index in [1.54, 1.807) is 4.67 Å². The Hall–Kier alpha value is 0.940. The van der Waals surface area contributed by atoms with E-state index in [4.69, 9.17) is 44.4 Å². The second-order valence-corrected chi connectivity index (χ2v) is 6.67. The number of aliphatic hydroxyl groups is 1. The van der Waals surface area contributed by atoms with Gasteiger partial charge >= 0.3 is 7.67 Å². The number of hydrogen-bond acceptors (Lipinski definition) is 3. The average Bonchev–Trinajstić information content (AvgIpc) is 2.36. The quantitative estimate of drug-likeness (QED) is 0.323. The number of nitrogens with one attached hydrogen (secondary N) is 1. The van der Waals surface area contributed by atoms with Crippen LogP contribution in [0.1, 0.15) is 6.42 Å². The molecule has 0 amide bonds. The topological polar surface area (TPSA) is 61.8 Å². The molecule has 0 aliphatic carbocycles. The van der Waals surface area contributed by atoms with Gasteiger partial charge in [0.1, 0.15) is 0 Å². The Labute approximate surface area is 123 Å². The van der Waals surface area contributed by atoms with E-state index in [-0.39, 0.29) is 19.1 Å². The molecular weight excluding hydrogens is 321 g/mol. The van der Waals surface area contributed by atoms with Crippen LogP contribution in [-0.4, -0.2) is 60.3 Å². The molecule has 0 heterocycles. The Kier molecular flexibility index (Phi) is 12.4. The molecular formula is C9H20Cl3N2O3P. The first-order valence-electron chi connectivity index (χ1n) is 5.68. The zero-order chi connectivity index (χ0) is 13.9. The summed E-state index contributed by atoms with van der Waals surface area (Å²) >= 11 is 16.9. The second kappa shape index (κ2) is 11.7. The third-order valence-electron chi connectivity index (χ3n) is 2.05. The summed E-state index contributed by atoms with van der Waals surface area (Å²) in [5, 5.41) is 11.6. The smallest absolute Gasteiger partial charge is 0.343 e. The standard InChI is InChI=1S/C9H20Cl3N2O3P/c10-2-6-14(7-3-11)18(16,17-9-4-12)13-5-1-8-15/h15H,1-9H2,(H,13,16)/t18-/m0/s1. The molecule has 1 atom stereocenters. The zero-order valence-electron chi connectivity index (χ0n) is 10.2. The van der Waals surface area contributed by atoms with Crippen LogP contribution < -0.4 is 5.09 Å². The molecule has 0 fully saturated rings. The fraction of sp³-hybridized carbons (Fsp3) is 1.00. The van der Waals surface area contributed by atoms with E-state index in [0.29, 0.717) is 37.8 Å². The lowest BCUT2D eigenvalue weighted by Crippen LogP contribution is -2.33. The van der Waals surface area contributed by atoms with Gasteiger partial charge in [0.25, 0.3) is 0 Å². The van der Waals surface area contributed by atoms with Crippen molar-refractivity contribution in [1.29, 1.82) is 0 Å². The molecule has 0 bridgehead atoms. The van der Waals surface area contributed by atoms with Gasteiger partial charge in [-0.2, -0.15) is 0 Å². The molecule has 0 rings (SSSR count). The van der Waals surface area contributed by atoms with Crippen LogP contribution in [0.2, 0.25) is 0 Å². The summed E-state index contributed by atoms with van der Waals surface area (Å²) in [4.78, 5) is 0. The van der Waals surface area contributed by atoms with Gasteiger partial charge in [-0.3, -0.25) is 4.57 Å². The molecule has 0 aliphatic heterocycles. The Morgan fingerprint density at radius 1 is 1.17 bits per heavy atom. The van der Waals surface area contributed by atoms with E-state index in [9.17, 15) is 4.57 Å². The summed E-state index contributed by atoms with van der Waals surface area (Å²) < 4.78 is 19.6. The monoisotopic (exact) mass is 340 g/mol. The van der Waals surface area contributed by atoms with Crippen LogP contribution in [0.15, 0.2) is 0 Å². The predicted octanol–water partition coefficient (Wildman–Crippen LogP) is 2.10. The van der Waals surface area contributed by atoms with Crippen LogP contribution in [0.5, 0.6) is 0 Å². The molecule has 5 nitrogen and oxygen atoms in total. The van der Waals surface area contributed by atoms with Gasteiger partial charge in [-0.1, -0.05) is 0 Å². The molecule has 0 aromatic carbocycles. The fourth-order valence-electron chi connectivity index (χ4n) is 1.26. The van der Waals surface area contributed by atoms with Crippen molar-refractivity contribution in [1.82, 2.24) is 9.76 Å². The zero-order valence-corrected chi connectivity index (χ0v) is 13.3. The number of rotatable bonds is 12. The van der Waals surface area contributed by atoms with Crippen LogP contribution in [0, 0.1) is 0 Å². The van der Waals surface area contributed by atoms with E-state index in [1.807, 2.05) is 0 Å². The minimum Gasteiger partial charge on any atom is -0.396 e. The van der Waals surface area contributed by atoms with Crippen molar-refractivity contribution in [3.63, 3.8) is 0 Å². The van der Waals surface area contributed by atoms with Gasteiger partial charge in [-0.25, -0.2) is 9.76 Å². The average molecular weight is 342 g/mol. The Morgan fingerprint density at radius 2 is 1.78 bits per heavy atom. The molecule has 0 radical (unpaired) electrons. The van der Waals surface area contributed by atoms with Gasteiger partial charge in [0.05, 0.1) is 6.61 Å². The SMILES string of the molecule is O=[P@@](NCCCO)(OCCCl)N(CCCl)CCCl. The number of halogens is 3. The molecule has 18 heavy (non-hydrogen) atoms. The Bertz CT molecular complexity index is 243. The predicted molar refractivity (Wildman–Crippen MR) is 77.0 cm³/mol. The van der Waals surface area contributed by atoms with Gasteiger partial charge in [0, 0.05) is 43.9 Å². The third kappa shape index (κ3) is 7.51. The van der Waals surface area contributed by atoms with Crippen molar-refractivity contribution in [2.45, 2.75) is 6.42 Å². The van der Waals surface area contributed by atoms with E-state index < -0.39 is 7.67 Å². The Balaban J connectivity index is 4.60. The summed E-state index contributed by atoms with van der Waals surface area (Å²) in [7, 11) is -3.19. The molecule has 0 aromatic heterocycles. The van der Waals surface area contributed by atoms with E-state index >= 15 is 0 Å². The van der Waals surface area contributed by atoms with E-state index in [0.717, 1.165) is 0 Å². The first kappa shape index (κ1) is 18.9. The van der Waals surface area contributed by atoms with Crippen molar-refractivity contribution >= 4 is 42.5 Å². The fourth-order valence-corrected chi connectivity index (χ4v) is 4.04. The maximum absolute atomic E-state index is 12.7. The lowest BCUT2D eigenvalue weighted by molar-refractivity contribution is 0.263. The number of alkyl halides is 3. The van der Waals surface area contributed by atoms with Crippen molar-refractivity contribution in [2.24, 2.45) is 0 Å². The summed E-state index contributed by atoms with van der Waals surface area (Å²) in [5.41, 5.74) is 0. The van der Waals surface area contributed by atoms with Crippen LogP contribution >= 0.6 is 42.5 Å². The van der Waals surface area contributed by atoms with Crippen LogP contribution in [0.4, 0.5) is 0 Å². The number of hydrogen-bond donors (Lipinski definition) is 2. The minimum absolute atomic E-state index is 0.0213. The lowest BCUT2D eigenvalue weighted by Gasteiger charge is -2.30. The summed E-state index contributed by atoms with van der Waals surface area (Å²) in [6.07, 6.45) is 0.490. The number of aliphatic hydroxyl groups excluding tert-OH is 1. The van der Waals surface area contributed by atoms with Crippen molar-refractivity contribution in [2.75, 3.05) is 50.5 Å². The summed E-state index contributed by atoms with van der Waals surface area (Å²) in [5.74, 6) is 0.904. The molecule has 0 spiro atoms. The van der Waals surface area contributed by atoms with Crippen molar-refractivity contribution in [3.05, 3.63) is 0 Å². The third-order valence-corrected chi connectivity index (χ3v) is 4.84. The van der Waals surface area contributed by atoms with Crippen LogP contribution in [0.25, 0.3) is 0 Å². The molecule has 0 unspecified atom stereocenters. The van der Waals surface area contributed by atoms with Gasteiger partial charge in [0.15, 0.2) is 0 Å². The molecule has 0 saturated carbocycles. The second-order valence-electron chi connectivity index (χ2n) is 3.36. The highest BCUT2D eigenvalue weighted by Crippen LogP contribution is 2.46. The maximum Gasteiger partial charge on any atom is 0.343 e. The van der Waals surface area contributed by atoms with Crippen molar-refractivity contribution < 1.29 is 14.2 Å². The highest BCUT2D eigenvalue weighted by Gasteiger charge is 2.30. The van der Waals surface area contributed by atoms with Gasteiger partial charge in [0.2, 0.25) is 0 Å². The van der Waals surface area contributed by atoms with Gasteiger partial charge in [-0.15, -0.1) is 34.8 Å².